The van der Waals surface area contributed by atoms with Crippen molar-refractivity contribution in [3.05, 3.63) is 35.9 Å². The molecule has 21 heavy (non-hydrogen) atoms. The van der Waals surface area contributed by atoms with Crippen LogP contribution in [-0.4, -0.2) is 11.5 Å². The van der Waals surface area contributed by atoms with E-state index in [1.807, 2.05) is 38.1 Å². The molecule has 1 fully saturated rings. The normalized spacial score (nSPS) is 23.0. The molecular weight excluding hydrogens is 262 g/mol. The number of carbonyl (C=O) groups is 1. The first kappa shape index (κ1) is 14.2. The first-order valence-corrected chi connectivity index (χ1v) is 7.87. The van der Waals surface area contributed by atoms with Gasteiger partial charge in [0.1, 0.15) is 5.75 Å². The fraction of sp³-hybridized carbons (Fsp3) is 0.500. The predicted octanol–water partition coefficient (Wildman–Crippen LogP) is 3.90. The summed E-state index contributed by atoms with van der Waals surface area (Å²) in [5.74, 6) is 1.29. The topological polar surface area (TPSA) is 38.3 Å². The Balaban J connectivity index is 1.89. The monoisotopic (exact) mass is 285 g/mol. The molecular formula is C18H23NO2. The highest BCUT2D eigenvalue weighted by atomic mass is 16.5. The van der Waals surface area contributed by atoms with Crippen LogP contribution in [0.2, 0.25) is 0 Å². The maximum Gasteiger partial charge on any atom is 0.175 e. The summed E-state index contributed by atoms with van der Waals surface area (Å²) in [6, 6.07) is 7.89. The van der Waals surface area contributed by atoms with Crippen LogP contribution in [-0.2, 0) is 4.79 Å². The van der Waals surface area contributed by atoms with Gasteiger partial charge >= 0.3 is 0 Å². The average Bonchev–Trinajstić information content (AvgIpc) is 2.47. The molecule has 3 nitrogen and oxygen atoms in total. The van der Waals surface area contributed by atoms with Crippen molar-refractivity contribution >= 4 is 11.5 Å². The zero-order valence-corrected chi connectivity index (χ0v) is 12.8. The van der Waals surface area contributed by atoms with Gasteiger partial charge in [-0.3, -0.25) is 4.79 Å². The third-order valence-corrected chi connectivity index (χ3v) is 4.27. The molecule has 0 radical (unpaired) electrons. The van der Waals surface area contributed by atoms with Crippen LogP contribution in [0.3, 0.4) is 0 Å². The molecule has 0 bridgehead atoms. The third-order valence-electron chi connectivity index (χ3n) is 4.27. The molecule has 0 aromatic heterocycles. The van der Waals surface area contributed by atoms with Gasteiger partial charge in [0.15, 0.2) is 11.5 Å². The Morgan fingerprint density at radius 3 is 2.71 bits per heavy atom. The molecule has 3 heteroatoms. The van der Waals surface area contributed by atoms with Crippen LogP contribution in [0.5, 0.6) is 5.75 Å². The number of ketones is 1. The lowest BCUT2D eigenvalue weighted by molar-refractivity contribution is -0.119. The Bertz CT molecular complexity index is 568. The Morgan fingerprint density at radius 1 is 1.24 bits per heavy atom. The van der Waals surface area contributed by atoms with Crippen LogP contribution >= 0.6 is 0 Å². The minimum Gasteiger partial charge on any atom is -0.468 e. The zero-order chi connectivity index (χ0) is 14.9. The van der Waals surface area contributed by atoms with E-state index in [4.69, 9.17) is 4.74 Å². The second kappa shape index (κ2) is 5.55. The van der Waals surface area contributed by atoms with Crippen molar-refractivity contribution < 1.29 is 9.53 Å². The van der Waals surface area contributed by atoms with Crippen LogP contribution in [0.25, 0.3) is 5.70 Å². The fourth-order valence-corrected chi connectivity index (χ4v) is 3.23. The lowest BCUT2D eigenvalue weighted by Gasteiger charge is -2.36. The quantitative estimate of drug-likeness (QED) is 0.838. The minimum absolute atomic E-state index is 0.200. The highest BCUT2D eigenvalue weighted by molar-refractivity contribution is 5.98. The van der Waals surface area contributed by atoms with Crippen LogP contribution in [0.1, 0.15) is 51.5 Å². The zero-order valence-electron chi connectivity index (χ0n) is 12.8. The van der Waals surface area contributed by atoms with Gasteiger partial charge in [0, 0.05) is 17.6 Å². The van der Waals surface area contributed by atoms with Gasteiger partial charge in [0.25, 0.3) is 0 Å². The van der Waals surface area contributed by atoms with E-state index in [1.54, 1.807) is 6.08 Å². The smallest absolute Gasteiger partial charge is 0.175 e. The number of hydrogen-bond donors (Lipinski definition) is 1. The molecule has 112 valence electrons. The Labute approximate surface area is 126 Å². The van der Waals surface area contributed by atoms with Crippen molar-refractivity contribution in [3.63, 3.8) is 0 Å². The van der Waals surface area contributed by atoms with Crippen molar-refractivity contribution in [2.24, 2.45) is 5.92 Å². The van der Waals surface area contributed by atoms with Gasteiger partial charge in [-0.05, 0) is 38.8 Å². The summed E-state index contributed by atoms with van der Waals surface area (Å²) in [5.41, 5.74) is 1.37. The summed E-state index contributed by atoms with van der Waals surface area (Å²) in [5, 5.41) is 3.34. The first-order valence-electron chi connectivity index (χ1n) is 7.87. The van der Waals surface area contributed by atoms with Crippen molar-refractivity contribution in [2.45, 2.75) is 51.7 Å². The van der Waals surface area contributed by atoms with Crippen LogP contribution < -0.4 is 10.1 Å². The minimum atomic E-state index is -0.493. The van der Waals surface area contributed by atoms with E-state index in [2.05, 4.69) is 5.32 Å². The molecule has 0 unspecified atom stereocenters. The molecule has 0 saturated heterocycles. The fourth-order valence-electron chi connectivity index (χ4n) is 3.23. The van der Waals surface area contributed by atoms with Crippen molar-refractivity contribution in [2.75, 3.05) is 0 Å². The summed E-state index contributed by atoms with van der Waals surface area (Å²) in [4.78, 5) is 12.5. The number of fused-ring (bicyclic) bond motifs is 1. The Hall–Kier alpha value is -1.77. The molecule has 2 aliphatic rings. The van der Waals surface area contributed by atoms with Crippen LogP contribution in [0, 0.1) is 5.92 Å². The van der Waals surface area contributed by atoms with E-state index >= 15 is 0 Å². The SMILES string of the molecule is CC1(C)N/C(=C\C(=O)C2CCCCC2)c2ccccc2O1. The molecule has 1 aromatic rings. The lowest BCUT2D eigenvalue weighted by Crippen LogP contribution is -2.46. The summed E-state index contributed by atoms with van der Waals surface area (Å²) in [6.07, 6.45) is 7.48. The summed E-state index contributed by atoms with van der Waals surface area (Å²) in [7, 11) is 0. The molecule has 1 aromatic carbocycles. The second-order valence-electron chi connectivity index (χ2n) is 6.53. The van der Waals surface area contributed by atoms with Gasteiger partial charge in [-0.25, -0.2) is 0 Å². The molecule has 1 aliphatic carbocycles. The van der Waals surface area contributed by atoms with Gasteiger partial charge < -0.3 is 10.1 Å². The first-order chi connectivity index (χ1) is 10.1. The van der Waals surface area contributed by atoms with Gasteiger partial charge in [0.05, 0.1) is 5.70 Å². The second-order valence-corrected chi connectivity index (χ2v) is 6.53. The largest absolute Gasteiger partial charge is 0.468 e. The number of rotatable bonds is 2. The lowest BCUT2D eigenvalue weighted by atomic mass is 9.85. The van der Waals surface area contributed by atoms with Crippen molar-refractivity contribution in [1.82, 2.24) is 5.32 Å². The molecule has 1 N–H and O–H groups in total. The Morgan fingerprint density at radius 2 is 1.95 bits per heavy atom. The molecule has 1 saturated carbocycles. The number of para-hydroxylation sites is 1. The standard InChI is InChI=1S/C18H23NO2/c1-18(2)19-15(14-10-6-7-11-17(14)21-18)12-16(20)13-8-4-3-5-9-13/h6-7,10-13,19H,3-5,8-9H2,1-2H3/b15-12-. The maximum atomic E-state index is 12.5. The molecule has 0 spiro atoms. The van der Waals surface area contributed by atoms with Gasteiger partial charge in [-0.2, -0.15) is 0 Å². The third kappa shape index (κ3) is 3.12. The maximum absolute atomic E-state index is 12.5. The number of carbonyl (C=O) groups excluding carboxylic acids is 1. The van der Waals surface area contributed by atoms with Gasteiger partial charge in [0.2, 0.25) is 0 Å². The Kier molecular flexibility index (Phi) is 3.75. The summed E-state index contributed by atoms with van der Waals surface area (Å²) in [6.45, 7) is 3.95. The number of nitrogens with one attached hydrogen (secondary N) is 1. The highest BCUT2D eigenvalue weighted by Crippen LogP contribution is 2.34. The van der Waals surface area contributed by atoms with Crippen LogP contribution in [0.4, 0.5) is 0 Å². The molecule has 0 amide bonds. The van der Waals surface area contributed by atoms with Crippen LogP contribution in [0.15, 0.2) is 30.3 Å². The number of hydrogen-bond acceptors (Lipinski definition) is 3. The molecule has 0 atom stereocenters. The highest BCUT2D eigenvalue weighted by Gasteiger charge is 2.30. The molecule has 1 heterocycles. The summed E-state index contributed by atoms with van der Waals surface area (Å²) >= 11 is 0. The van der Waals surface area contributed by atoms with Crippen molar-refractivity contribution in [3.8, 4) is 5.75 Å². The van der Waals surface area contributed by atoms with E-state index in [-0.39, 0.29) is 11.7 Å². The van der Waals surface area contributed by atoms with E-state index in [0.717, 1.165) is 29.9 Å². The number of allylic oxidation sites excluding steroid dienone is 1. The molecule has 3 rings (SSSR count). The molecule has 1 aliphatic heterocycles. The van der Waals surface area contributed by atoms with E-state index < -0.39 is 5.72 Å². The average molecular weight is 285 g/mol. The van der Waals surface area contributed by atoms with Gasteiger partial charge in [-0.1, -0.05) is 31.4 Å². The number of ether oxygens (including phenoxy) is 1. The van der Waals surface area contributed by atoms with E-state index in [9.17, 15) is 4.79 Å². The van der Waals surface area contributed by atoms with Crippen molar-refractivity contribution in [1.29, 1.82) is 0 Å². The predicted molar refractivity (Wildman–Crippen MR) is 83.8 cm³/mol. The summed E-state index contributed by atoms with van der Waals surface area (Å²) < 4.78 is 5.91. The van der Waals surface area contributed by atoms with E-state index in [1.165, 1.54) is 19.3 Å². The number of benzene rings is 1. The van der Waals surface area contributed by atoms with Gasteiger partial charge in [-0.15, -0.1) is 0 Å². The van der Waals surface area contributed by atoms with E-state index in [0.29, 0.717) is 0 Å².